The smallest absolute Gasteiger partial charge is 0.337 e. The molecule has 0 spiro atoms. The van der Waals surface area contributed by atoms with Crippen molar-refractivity contribution in [2.75, 3.05) is 0 Å². The van der Waals surface area contributed by atoms with Gasteiger partial charge in [0, 0.05) is 22.3 Å². The topological polar surface area (TPSA) is 192 Å². The van der Waals surface area contributed by atoms with E-state index in [4.69, 9.17) is 0 Å². The van der Waals surface area contributed by atoms with Crippen molar-refractivity contribution in [2.24, 2.45) is 20.5 Å². The van der Waals surface area contributed by atoms with Crippen LogP contribution >= 0.6 is 0 Å². The van der Waals surface area contributed by atoms with Crippen LogP contribution in [0.3, 0.4) is 0 Å². The monoisotopic (exact) mass is 510 g/mol. The molecule has 0 heterocycles. The van der Waals surface area contributed by atoms with Gasteiger partial charge in [0.1, 0.15) is 0 Å². The van der Waals surface area contributed by atoms with E-state index in [1.807, 2.05) is 0 Å². The zero-order valence-electron chi connectivity index (χ0n) is 19.1. The minimum Gasteiger partial charge on any atom is -0.478 e. The third-order valence-electron chi connectivity index (χ3n) is 6.04. The van der Waals surface area contributed by atoms with Gasteiger partial charge in [0.25, 0.3) is 0 Å². The highest BCUT2D eigenvalue weighted by Gasteiger charge is 2.45. The summed E-state index contributed by atoms with van der Waals surface area (Å²) in [4.78, 5) is 74.5. The number of ketones is 4. The van der Waals surface area contributed by atoms with Gasteiger partial charge >= 0.3 is 11.9 Å². The fourth-order valence-electron chi connectivity index (χ4n) is 4.18. The van der Waals surface area contributed by atoms with Gasteiger partial charge in [-0.25, -0.2) is 9.59 Å². The molecule has 0 fully saturated rings. The highest BCUT2D eigenvalue weighted by molar-refractivity contribution is 6.34. The van der Waals surface area contributed by atoms with Crippen LogP contribution < -0.4 is 0 Å². The molecule has 0 radical (unpaired) electrons. The van der Waals surface area contributed by atoms with Gasteiger partial charge in [-0.2, -0.15) is 20.5 Å². The lowest BCUT2D eigenvalue weighted by Crippen LogP contribution is -2.20. The van der Waals surface area contributed by atoms with Crippen molar-refractivity contribution >= 4 is 46.4 Å². The molecule has 0 bridgehead atoms. The number of Topliss-reactive ketones (excluding diaryl/α,β-unsaturated/α-hetero) is 4. The van der Waals surface area contributed by atoms with Crippen molar-refractivity contribution < 1.29 is 39.0 Å². The Morgan fingerprint density at radius 2 is 0.868 bits per heavy atom. The first-order valence-electron chi connectivity index (χ1n) is 11.0. The molecule has 5 rings (SSSR count). The number of carbonyl (C=O) groups is 6. The van der Waals surface area contributed by atoms with E-state index >= 15 is 0 Å². The van der Waals surface area contributed by atoms with Crippen LogP contribution in [0, 0.1) is 0 Å². The van der Waals surface area contributed by atoms with Gasteiger partial charge in [-0.15, -0.1) is 0 Å². The largest absolute Gasteiger partial charge is 0.478 e. The second-order valence-electron chi connectivity index (χ2n) is 8.28. The molecule has 2 aliphatic rings. The van der Waals surface area contributed by atoms with Crippen LogP contribution in [-0.4, -0.2) is 57.4 Å². The number of carbonyl (C=O) groups excluding carboxylic acids is 4. The van der Waals surface area contributed by atoms with Crippen LogP contribution in [0.25, 0.3) is 0 Å². The number of fused-ring (bicyclic) bond motifs is 2. The van der Waals surface area contributed by atoms with Crippen LogP contribution in [0.4, 0.5) is 11.4 Å². The van der Waals surface area contributed by atoms with Crippen LogP contribution in [0.2, 0.25) is 0 Å². The molecule has 0 saturated heterocycles. The average molecular weight is 510 g/mol. The van der Waals surface area contributed by atoms with Crippen molar-refractivity contribution in [3.8, 4) is 0 Å². The van der Waals surface area contributed by atoms with E-state index in [1.54, 1.807) is 0 Å². The lowest BCUT2D eigenvalue weighted by molar-refractivity contribution is 0.0686. The number of aromatic carboxylic acids is 2. The van der Waals surface area contributed by atoms with Gasteiger partial charge in [0.05, 0.1) is 22.5 Å². The van der Waals surface area contributed by atoms with Gasteiger partial charge in [0.2, 0.25) is 0 Å². The van der Waals surface area contributed by atoms with Crippen LogP contribution in [0.5, 0.6) is 0 Å². The third-order valence-corrected chi connectivity index (χ3v) is 6.04. The zero-order valence-corrected chi connectivity index (χ0v) is 19.1. The normalized spacial score (nSPS) is 15.6. The van der Waals surface area contributed by atoms with E-state index in [1.165, 1.54) is 48.5 Å². The molecule has 3 aromatic carbocycles. The molecule has 186 valence electrons. The fourth-order valence-corrected chi connectivity index (χ4v) is 4.18. The van der Waals surface area contributed by atoms with Crippen LogP contribution in [-0.2, 0) is 0 Å². The predicted molar refractivity (Wildman–Crippen MR) is 127 cm³/mol. The Morgan fingerprint density at radius 1 is 0.553 bits per heavy atom. The lowest BCUT2D eigenvalue weighted by atomic mass is 10.0. The van der Waals surface area contributed by atoms with Gasteiger partial charge in [0.15, 0.2) is 35.2 Å². The molecule has 2 aliphatic carbocycles. The molecule has 2 N–H and O–H groups in total. The first kappa shape index (κ1) is 24.2. The van der Waals surface area contributed by atoms with Gasteiger partial charge < -0.3 is 10.2 Å². The molecular formula is C26H14N4O8. The highest BCUT2D eigenvalue weighted by Crippen LogP contribution is 2.34. The van der Waals surface area contributed by atoms with Gasteiger partial charge in [-0.1, -0.05) is 24.3 Å². The lowest BCUT2D eigenvalue weighted by Gasteiger charge is -2.01. The molecule has 12 nitrogen and oxygen atoms in total. The summed E-state index contributed by atoms with van der Waals surface area (Å²) in [6.45, 7) is 0. The zero-order chi connectivity index (χ0) is 27.1. The summed E-state index contributed by atoms with van der Waals surface area (Å²) in [7, 11) is 0. The highest BCUT2D eigenvalue weighted by atomic mass is 16.4. The standard InChI is InChI=1S/C26H14N4O8/c31-21-13-9-15-16(24(34)20(23(15)33)30-28-18-8-4-2-6-12(18)26(37)38)10-14(13)22(32)19(21)29-27-17-7-3-1-5-11(17)25(35)36/h1-10,19-20H,(H,35,36)(H,37,38). The first-order valence-corrected chi connectivity index (χ1v) is 11.0. The van der Waals surface area contributed by atoms with E-state index in [9.17, 15) is 39.0 Å². The number of hydrogen-bond acceptors (Lipinski definition) is 10. The third kappa shape index (κ3) is 3.89. The summed E-state index contributed by atoms with van der Waals surface area (Å²) < 4.78 is 0. The Balaban J connectivity index is 1.44. The summed E-state index contributed by atoms with van der Waals surface area (Å²) in [5.74, 6) is -5.57. The van der Waals surface area contributed by atoms with Crippen molar-refractivity contribution in [1.82, 2.24) is 0 Å². The molecule has 0 amide bonds. The number of carboxylic acids is 2. The minimum atomic E-state index is -1.59. The summed E-state index contributed by atoms with van der Waals surface area (Å²) in [5, 5.41) is 33.6. The molecular weight excluding hydrogens is 496 g/mol. The molecule has 38 heavy (non-hydrogen) atoms. The van der Waals surface area contributed by atoms with Crippen molar-refractivity contribution in [2.45, 2.75) is 12.1 Å². The van der Waals surface area contributed by atoms with Crippen molar-refractivity contribution in [3.63, 3.8) is 0 Å². The molecule has 0 aromatic heterocycles. The predicted octanol–water partition coefficient (Wildman–Crippen LogP) is 4.15. The summed E-state index contributed by atoms with van der Waals surface area (Å²) in [5.41, 5.74) is -0.957. The maximum absolute atomic E-state index is 12.9. The Morgan fingerprint density at radius 3 is 1.18 bits per heavy atom. The van der Waals surface area contributed by atoms with E-state index < -0.39 is 47.2 Å². The number of azo groups is 2. The summed E-state index contributed by atoms with van der Waals surface area (Å²) >= 11 is 0. The van der Waals surface area contributed by atoms with Gasteiger partial charge in [-0.05, 0) is 36.4 Å². The first-order chi connectivity index (χ1) is 18.2. The summed E-state index contributed by atoms with van der Waals surface area (Å²) in [6, 6.07) is 10.4. The second-order valence-corrected chi connectivity index (χ2v) is 8.28. The van der Waals surface area contributed by atoms with E-state index in [0.29, 0.717) is 0 Å². The molecule has 0 atom stereocenters. The van der Waals surface area contributed by atoms with Gasteiger partial charge in [-0.3, -0.25) is 19.2 Å². The maximum atomic E-state index is 12.9. The average Bonchev–Trinajstić information content (AvgIpc) is 3.28. The molecule has 0 saturated carbocycles. The maximum Gasteiger partial charge on any atom is 0.337 e. The molecule has 0 aliphatic heterocycles. The van der Waals surface area contributed by atoms with E-state index in [0.717, 1.165) is 12.1 Å². The fraction of sp³-hybridized carbons (Fsp3) is 0.0769. The van der Waals surface area contributed by atoms with E-state index in [-0.39, 0.29) is 44.8 Å². The van der Waals surface area contributed by atoms with E-state index in [2.05, 4.69) is 20.5 Å². The second kappa shape index (κ2) is 9.17. The number of carboxylic acid groups (broad SMARTS) is 2. The van der Waals surface area contributed by atoms with Crippen LogP contribution in [0.15, 0.2) is 81.1 Å². The number of benzene rings is 3. The SMILES string of the molecule is O=C(O)c1ccccc1N=NC1C(=O)c2cc3c(cc2C1=O)C(=O)C(N=Nc1ccccc1C(=O)O)C3=O. The van der Waals surface area contributed by atoms with Crippen LogP contribution in [0.1, 0.15) is 62.1 Å². The minimum absolute atomic E-state index is 0.0536. The Labute approximate surface area is 212 Å². The number of nitrogens with zero attached hydrogens (tertiary/aromatic N) is 4. The Bertz CT molecular complexity index is 1500. The molecule has 3 aromatic rings. The quantitative estimate of drug-likeness (QED) is 0.365. The summed E-state index contributed by atoms with van der Waals surface area (Å²) in [6.07, 6.45) is 0. The Hall–Kier alpha value is -5.52. The van der Waals surface area contributed by atoms with Crippen molar-refractivity contribution in [3.05, 3.63) is 94.0 Å². The molecule has 0 unspecified atom stereocenters. The molecule has 12 heteroatoms. The Kier molecular flexibility index (Phi) is 5.84. The number of rotatable bonds is 6. The van der Waals surface area contributed by atoms with Crippen molar-refractivity contribution in [1.29, 1.82) is 0 Å². The number of hydrogen-bond donors (Lipinski definition) is 2.